The molecule has 1 heterocycles. The first-order valence-electron chi connectivity index (χ1n) is 6.12. The summed E-state index contributed by atoms with van der Waals surface area (Å²) in [5.74, 6) is 0.624. The molecular formula is C13H16N4O2S2. The molecule has 0 atom stereocenters. The van der Waals surface area contributed by atoms with Crippen LogP contribution in [0.15, 0.2) is 35.5 Å². The fourth-order valence-corrected chi connectivity index (χ4v) is 3.12. The molecule has 112 valence electrons. The van der Waals surface area contributed by atoms with Crippen LogP contribution in [0.2, 0.25) is 0 Å². The topological polar surface area (TPSA) is 81.2 Å². The molecule has 0 unspecified atom stereocenters. The summed E-state index contributed by atoms with van der Waals surface area (Å²) in [6.45, 7) is 1.74. The second kappa shape index (κ2) is 5.45. The number of hydrogen-bond acceptors (Lipinski definition) is 4. The fourth-order valence-electron chi connectivity index (χ4n) is 1.78. The van der Waals surface area contributed by atoms with Crippen LogP contribution in [0.4, 0.5) is 5.69 Å². The highest BCUT2D eigenvalue weighted by Gasteiger charge is 2.24. The second-order valence-electron chi connectivity index (χ2n) is 4.62. The molecular weight excluding hydrogens is 308 g/mol. The number of anilines is 1. The first-order valence-corrected chi connectivity index (χ1v) is 7.97. The third-order valence-corrected chi connectivity index (χ3v) is 5.10. The number of aromatic nitrogens is 2. The van der Waals surface area contributed by atoms with Gasteiger partial charge in [-0.1, -0.05) is 24.4 Å². The number of nitrogens with zero attached hydrogens (tertiary/aromatic N) is 3. The average Bonchev–Trinajstić information content (AvgIpc) is 2.78. The van der Waals surface area contributed by atoms with Crippen LogP contribution in [0.1, 0.15) is 11.4 Å². The Morgan fingerprint density at radius 1 is 1.43 bits per heavy atom. The Hall–Kier alpha value is -1.93. The number of imidazole rings is 1. The number of benzene rings is 1. The van der Waals surface area contributed by atoms with Crippen molar-refractivity contribution in [3.8, 4) is 0 Å². The van der Waals surface area contributed by atoms with Gasteiger partial charge in [0.15, 0.2) is 5.03 Å². The highest BCUT2D eigenvalue weighted by Crippen LogP contribution is 2.22. The summed E-state index contributed by atoms with van der Waals surface area (Å²) >= 11 is 4.91. The Kier molecular flexibility index (Phi) is 4.02. The van der Waals surface area contributed by atoms with Gasteiger partial charge in [0.05, 0.1) is 5.69 Å². The number of sulfonamides is 1. The van der Waals surface area contributed by atoms with Crippen LogP contribution in [0, 0.1) is 6.92 Å². The third kappa shape index (κ3) is 2.91. The molecule has 0 spiro atoms. The van der Waals surface area contributed by atoms with E-state index in [1.54, 1.807) is 42.8 Å². The van der Waals surface area contributed by atoms with Crippen LogP contribution >= 0.6 is 12.2 Å². The SMILES string of the molecule is Cc1nc(S(=O)(=O)N(C)c2cccc(C(N)=S)c2)cn1C. The molecule has 1 aromatic heterocycles. The Balaban J connectivity index is 2.45. The van der Waals surface area contributed by atoms with Gasteiger partial charge in [0.2, 0.25) is 0 Å². The van der Waals surface area contributed by atoms with Crippen molar-refractivity contribution >= 4 is 32.9 Å². The molecule has 0 amide bonds. The first kappa shape index (κ1) is 15.5. The van der Waals surface area contributed by atoms with E-state index in [1.807, 2.05) is 0 Å². The van der Waals surface area contributed by atoms with Gasteiger partial charge in [0, 0.05) is 25.9 Å². The van der Waals surface area contributed by atoms with Gasteiger partial charge >= 0.3 is 0 Å². The maximum atomic E-state index is 12.6. The van der Waals surface area contributed by atoms with E-state index in [2.05, 4.69) is 4.98 Å². The van der Waals surface area contributed by atoms with Crippen LogP contribution < -0.4 is 10.0 Å². The standard InChI is InChI=1S/C13H16N4O2S2/c1-9-15-12(8-16(9)2)21(18,19)17(3)11-6-4-5-10(7-11)13(14)20/h4-8H,1-3H3,(H2,14,20). The predicted molar refractivity (Wildman–Crippen MR) is 85.9 cm³/mol. The van der Waals surface area contributed by atoms with Gasteiger partial charge in [-0.25, -0.2) is 4.98 Å². The van der Waals surface area contributed by atoms with Crippen molar-refractivity contribution in [2.45, 2.75) is 11.9 Å². The molecule has 0 saturated heterocycles. The monoisotopic (exact) mass is 324 g/mol. The van der Waals surface area contributed by atoms with Crippen LogP contribution in [-0.4, -0.2) is 30.0 Å². The van der Waals surface area contributed by atoms with Gasteiger partial charge in [-0.2, -0.15) is 8.42 Å². The summed E-state index contributed by atoms with van der Waals surface area (Å²) in [6, 6.07) is 6.75. The zero-order valence-corrected chi connectivity index (χ0v) is 13.6. The van der Waals surface area contributed by atoms with Gasteiger partial charge in [-0.3, -0.25) is 4.31 Å². The van der Waals surface area contributed by atoms with Crippen LogP contribution in [-0.2, 0) is 17.1 Å². The Labute approximate surface area is 129 Å². The minimum atomic E-state index is -3.72. The van der Waals surface area contributed by atoms with E-state index in [4.69, 9.17) is 18.0 Å². The number of aryl methyl sites for hydroxylation is 2. The number of thiocarbonyl (C=S) groups is 1. The quantitative estimate of drug-likeness (QED) is 0.854. The molecule has 2 N–H and O–H groups in total. The zero-order chi connectivity index (χ0) is 15.8. The molecule has 0 aliphatic rings. The fraction of sp³-hybridized carbons (Fsp3) is 0.231. The third-order valence-electron chi connectivity index (χ3n) is 3.21. The highest BCUT2D eigenvalue weighted by atomic mass is 32.2. The van der Waals surface area contributed by atoms with Gasteiger partial charge < -0.3 is 10.3 Å². The smallest absolute Gasteiger partial charge is 0.283 e. The highest BCUT2D eigenvalue weighted by molar-refractivity contribution is 7.92. The van der Waals surface area contributed by atoms with E-state index < -0.39 is 10.0 Å². The summed E-state index contributed by atoms with van der Waals surface area (Å²) in [4.78, 5) is 4.29. The van der Waals surface area contributed by atoms with Crippen molar-refractivity contribution < 1.29 is 8.42 Å². The number of hydrogen-bond donors (Lipinski definition) is 1. The Morgan fingerprint density at radius 3 is 2.62 bits per heavy atom. The second-order valence-corrected chi connectivity index (χ2v) is 6.98. The number of rotatable bonds is 4. The van der Waals surface area contributed by atoms with Crippen molar-refractivity contribution in [2.24, 2.45) is 12.8 Å². The molecule has 0 saturated carbocycles. The maximum absolute atomic E-state index is 12.6. The largest absolute Gasteiger partial charge is 0.389 e. The van der Waals surface area contributed by atoms with Crippen LogP contribution in [0.25, 0.3) is 0 Å². The molecule has 0 aliphatic heterocycles. The normalized spacial score (nSPS) is 11.4. The van der Waals surface area contributed by atoms with E-state index in [-0.39, 0.29) is 10.0 Å². The van der Waals surface area contributed by atoms with Gasteiger partial charge in [-0.15, -0.1) is 0 Å². The van der Waals surface area contributed by atoms with Gasteiger partial charge in [0.1, 0.15) is 10.8 Å². The zero-order valence-electron chi connectivity index (χ0n) is 11.9. The summed E-state index contributed by atoms with van der Waals surface area (Å²) in [5.41, 5.74) is 6.66. The van der Waals surface area contributed by atoms with E-state index in [0.717, 1.165) is 4.31 Å². The van der Waals surface area contributed by atoms with E-state index in [9.17, 15) is 8.42 Å². The predicted octanol–water partition coefficient (Wildman–Crippen LogP) is 1.19. The molecule has 0 aliphatic carbocycles. The molecule has 8 heteroatoms. The summed E-state index contributed by atoms with van der Waals surface area (Å²) < 4.78 is 28.0. The minimum absolute atomic E-state index is 0.00530. The number of nitrogens with two attached hydrogens (primary N) is 1. The van der Waals surface area contributed by atoms with Crippen molar-refractivity contribution in [1.82, 2.24) is 9.55 Å². The van der Waals surface area contributed by atoms with Crippen molar-refractivity contribution in [3.63, 3.8) is 0 Å². The molecule has 6 nitrogen and oxygen atoms in total. The Bertz CT molecular complexity index is 777. The molecule has 1 aromatic carbocycles. The lowest BCUT2D eigenvalue weighted by molar-refractivity contribution is 0.591. The van der Waals surface area contributed by atoms with E-state index in [1.165, 1.54) is 13.2 Å². The molecule has 0 bridgehead atoms. The lowest BCUT2D eigenvalue weighted by atomic mass is 10.2. The van der Waals surface area contributed by atoms with Crippen molar-refractivity contribution in [2.75, 3.05) is 11.4 Å². The van der Waals surface area contributed by atoms with Crippen LogP contribution in [0.5, 0.6) is 0 Å². The lowest BCUT2D eigenvalue weighted by Gasteiger charge is -2.18. The van der Waals surface area contributed by atoms with Crippen LogP contribution in [0.3, 0.4) is 0 Å². The minimum Gasteiger partial charge on any atom is -0.389 e. The maximum Gasteiger partial charge on any atom is 0.283 e. The lowest BCUT2D eigenvalue weighted by Crippen LogP contribution is -2.27. The van der Waals surface area contributed by atoms with Gasteiger partial charge in [0.25, 0.3) is 10.0 Å². The summed E-state index contributed by atoms with van der Waals surface area (Å²) in [5, 5.41) is 0.00530. The summed E-state index contributed by atoms with van der Waals surface area (Å²) in [7, 11) is -0.504. The van der Waals surface area contributed by atoms with Crippen molar-refractivity contribution in [3.05, 3.63) is 41.9 Å². The summed E-state index contributed by atoms with van der Waals surface area (Å²) in [6.07, 6.45) is 1.48. The molecule has 0 radical (unpaired) electrons. The van der Waals surface area contributed by atoms with E-state index in [0.29, 0.717) is 17.1 Å². The average molecular weight is 324 g/mol. The molecule has 21 heavy (non-hydrogen) atoms. The van der Waals surface area contributed by atoms with Gasteiger partial charge in [-0.05, 0) is 19.1 Å². The van der Waals surface area contributed by atoms with Crippen molar-refractivity contribution in [1.29, 1.82) is 0 Å². The van der Waals surface area contributed by atoms with E-state index >= 15 is 0 Å². The Morgan fingerprint density at radius 2 is 2.10 bits per heavy atom. The molecule has 2 rings (SSSR count). The first-order chi connectivity index (χ1) is 9.73. The molecule has 2 aromatic rings. The molecule has 0 fully saturated rings.